The van der Waals surface area contributed by atoms with Crippen LogP contribution in [0.3, 0.4) is 0 Å². The highest BCUT2D eigenvalue weighted by Gasteiger charge is 2.16. The third kappa shape index (κ3) is 5.37. The lowest BCUT2D eigenvalue weighted by molar-refractivity contribution is -0.115. The average molecular weight is 413 g/mol. The van der Waals surface area contributed by atoms with Crippen molar-refractivity contribution < 1.29 is 13.2 Å². The van der Waals surface area contributed by atoms with Gasteiger partial charge in [-0.3, -0.25) is 9.52 Å². The highest BCUT2D eigenvalue weighted by atomic mass is 32.2. The normalized spacial score (nSPS) is 12.2. The van der Waals surface area contributed by atoms with E-state index in [2.05, 4.69) is 10.0 Å². The van der Waals surface area contributed by atoms with Gasteiger partial charge >= 0.3 is 0 Å². The smallest absolute Gasteiger partial charge is 0.261 e. The van der Waals surface area contributed by atoms with Crippen LogP contribution in [0.1, 0.15) is 6.92 Å². The van der Waals surface area contributed by atoms with Crippen LogP contribution in [0.2, 0.25) is 0 Å². The van der Waals surface area contributed by atoms with Crippen LogP contribution >= 0.6 is 11.8 Å². The predicted molar refractivity (Wildman–Crippen MR) is 114 cm³/mol. The summed E-state index contributed by atoms with van der Waals surface area (Å²) in [4.78, 5) is 13.4. The summed E-state index contributed by atoms with van der Waals surface area (Å²) in [7, 11) is -3.62. The number of benzene rings is 3. The molecule has 0 saturated carbocycles. The van der Waals surface area contributed by atoms with Crippen molar-refractivity contribution in [2.75, 3.05) is 10.0 Å². The second-order valence-electron chi connectivity index (χ2n) is 6.06. The van der Waals surface area contributed by atoms with Crippen molar-refractivity contribution in [3.63, 3.8) is 0 Å². The Morgan fingerprint density at radius 1 is 0.821 bits per heavy atom. The molecule has 0 saturated heterocycles. The number of thioether (sulfide) groups is 1. The quantitative estimate of drug-likeness (QED) is 0.556. The summed E-state index contributed by atoms with van der Waals surface area (Å²) in [6.07, 6.45) is 0. The van der Waals surface area contributed by atoms with Gasteiger partial charge in [0.15, 0.2) is 0 Å². The first kappa shape index (κ1) is 20.0. The van der Waals surface area contributed by atoms with Gasteiger partial charge in [0.2, 0.25) is 5.91 Å². The maximum Gasteiger partial charge on any atom is 0.261 e. The highest BCUT2D eigenvalue weighted by molar-refractivity contribution is 8.00. The van der Waals surface area contributed by atoms with Gasteiger partial charge in [-0.05, 0) is 55.5 Å². The molecule has 3 aromatic carbocycles. The first-order valence-electron chi connectivity index (χ1n) is 8.64. The standard InChI is InChI=1S/C21H20N2O3S2/c1-16(21(24)22-17-8-4-2-5-9-17)27-19-14-12-18(13-15-19)23-28(25,26)20-10-6-3-7-11-20/h2-16,23H,1H3,(H,22,24). The van der Waals surface area contributed by atoms with E-state index < -0.39 is 10.0 Å². The number of sulfonamides is 1. The lowest BCUT2D eigenvalue weighted by atomic mass is 10.3. The fourth-order valence-corrected chi connectivity index (χ4v) is 4.39. The van der Waals surface area contributed by atoms with E-state index in [0.29, 0.717) is 5.69 Å². The molecule has 28 heavy (non-hydrogen) atoms. The van der Waals surface area contributed by atoms with Crippen LogP contribution in [0.25, 0.3) is 0 Å². The monoisotopic (exact) mass is 412 g/mol. The Morgan fingerprint density at radius 3 is 2.00 bits per heavy atom. The molecule has 1 unspecified atom stereocenters. The van der Waals surface area contributed by atoms with Crippen LogP contribution in [0.5, 0.6) is 0 Å². The van der Waals surface area contributed by atoms with E-state index in [1.54, 1.807) is 54.6 Å². The van der Waals surface area contributed by atoms with Gasteiger partial charge in [-0.25, -0.2) is 8.42 Å². The summed E-state index contributed by atoms with van der Waals surface area (Å²) in [6.45, 7) is 1.83. The number of para-hydroxylation sites is 1. The molecule has 0 aliphatic heterocycles. The third-order valence-corrected chi connectivity index (χ3v) is 6.39. The van der Waals surface area contributed by atoms with Crippen LogP contribution in [0, 0.1) is 0 Å². The Kier molecular flexibility index (Phi) is 6.38. The molecular weight excluding hydrogens is 392 g/mol. The number of hydrogen-bond donors (Lipinski definition) is 2. The van der Waals surface area contributed by atoms with Crippen molar-refractivity contribution in [1.82, 2.24) is 0 Å². The lowest BCUT2D eigenvalue weighted by Crippen LogP contribution is -2.22. The molecule has 1 amide bonds. The Bertz CT molecular complexity index is 1020. The number of rotatable bonds is 7. The second kappa shape index (κ2) is 8.95. The average Bonchev–Trinajstić information content (AvgIpc) is 2.70. The largest absolute Gasteiger partial charge is 0.325 e. The van der Waals surface area contributed by atoms with Gasteiger partial charge in [-0.1, -0.05) is 36.4 Å². The maximum absolute atomic E-state index is 12.4. The topological polar surface area (TPSA) is 75.3 Å². The fourth-order valence-electron chi connectivity index (χ4n) is 2.44. The molecule has 3 aromatic rings. The van der Waals surface area contributed by atoms with Crippen molar-refractivity contribution in [2.45, 2.75) is 22.0 Å². The molecule has 1 atom stereocenters. The van der Waals surface area contributed by atoms with Gasteiger partial charge in [-0.2, -0.15) is 0 Å². The number of amides is 1. The zero-order chi connectivity index (χ0) is 20.0. The number of carbonyl (C=O) groups excluding carboxylic acids is 1. The third-order valence-electron chi connectivity index (χ3n) is 3.88. The molecule has 2 N–H and O–H groups in total. The predicted octanol–water partition coefficient (Wildman–Crippen LogP) is 4.61. The SMILES string of the molecule is CC(Sc1ccc(NS(=O)(=O)c2ccccc2)cc1)C(=O)Nc1ccccc1. The second-order valence-corrected chi connectivity index (χ2v) is 9.15. The molecule has 0 aliphatic rings. The molecule has 0 spiro atoms. The van der Waals surface area contributed by atoms with Gasteiger partial charge in [0.05, 0.1) is 10.1 Å². The number of nitrogens with one attached hydrogen (secondary N) is 2. The fraction of sp³-hybridized carbons (Fsp3) is 0.0952. The van der Waals surface area contributed by atoms with Crippen LogP contribution in [-0.4, -0.2) is 19.6 Å². The minimum atomic E-state index is -3.62. The van der Waals surface area contributed by atoms with Gasteiger partial charge in [-0.15, -0.1) is 11.8 Å². The maximum atomic E-state index is 12.4. The van der Waals surface area contributed by atoms with Crippen molar-refractivity contribution in [3.8, 4) is 0 Å². The summed E-state index contributed by atoms with van der Waals surface area (Å²) in [5.41, 5.74) is 1.22. The molecule has 7 heteroatoms. The molecule has 144 valence electrons. The lowest BCUT2D eigenvalue weighted by Gasteiger charge is -2.13. The van der Waals surface area contributed by atoms with Crippen molar-refractivity contribution in [2.24, 2.45) is 0 Å². The van der Waals surface area contributed by atoms with Gasteiger partial charge in [0.1, 0.15) is 0 Å². The first-order chi connectivity index (χ1) is 13.4. The zero-order valence-electron chi connectivity index (χ0n) is 15.2. The molecular formula is C21H20N2O3S2. The van der Waals surface area contributed by atoms with Crippen LogP contribution in [0.4, 0.5) is 11.4 Å². The molecule has 5 nitrogen and oxygen atoms in total. The van der Waals surface area contributed by atoms with E-state index in [1.165, 1.54) is 11.8 Å². The zero-order valence-corrected chi connectivity index (χ0v) is 16.8. The Hall–Kier alpha value is -2.77. The van der Waals surface area contributed by atoms with Gasteiger partial charge < -0.3 is 5.32 Å². The Balaban J connectivity index is 1.60. The van der Waals surface area contributed by atoms with Crippen molar-refractivity contribution >= 4 is 39.1 Å². The van der Waals surface area contributed by atoms with Crippen LogP contribution in [0.15, 0.2) is 94.7 Å². The van der Waals surface area contributed by atoms with Crippen LogP contribution in [-0.2, 0) is 14.8 Å². The van der Waals surface area contributed by atoms with E-state index in [1.807, 2.05) is 37.3 Å². The van der Waals surface area contributed by atoms with E-state index >= 15 is 0 Å². The molecule has 0 heterocycles. The van der Waals surface area contributed by atoms with E-state index in [4.69, 9.17) is 0 Å². The van der Waals surface area contributed by atoms with Gasteiger partial charge in [0, 0.05) is 16.3 Å². The molecule has 0 aromatic heterocycles. The Morgan fingerprint density at radius 2 is 1.39 bits per heavy atom. The highest BCUT2D eigenvalue weighted by Crippen LogP contribution is 2.26. The number of carbonyl (C=O) groups is 1. The van der Waals surface area contributed by atoms with Crippen LogP contribution < -0.4 is 10.0 Å². The molecule has 0 radical (unpaired) electrons. The van der Waals surface area contributed by atoms with Crippen molar-refractivity contribution in [3.05, 3.63) is 84.9 Å². The Labute approximate surface area is 169 Å². The summed E-state index contributed by atoms with van der Waals surface area (Å²) in [5.74, 6) is -0.0925. The van der Waals surface area contributed by atoms with E-state index in [0.717, 1.165) is 10.6 Å². The van der Waals surface area contributed by atoms with Gasteiger partial charge in [0.25, 0.3) is 10.0 Å². The minimum Gasteiger partial charge on any atom is -0.325 e. The summed E-state index contributed by atoms with van der Waals surface area (Å²) >= 11 is 1.40. The number of anilines is 2. The summed E-state index contributed by atoms with van der Waals surface area (Å²) in [6, 6.07) is 24.4. The number of hydrogen-bond acceptors (Lipinski definition) is 4. The summed E-state index contributed by atoms with van der Waals surface area (Å²) in [5, 5.41) is 2.57. The van der Waals surface area contributed by atoms with E-state index in [-0.39, 0.29) is 16.1 Å². The van der Waals surface area contributed by atoms with E-state index in [9.17, 15) is 13.2 Å². The summed E-state index contributed by atoms with van der Waals surface area (Å²) < 4.78 is 27.3. The molecule has 3 rings (SSSR count). The molecule has 0 aliphatic carbocycles. The minimum absolute atomic E-state index is 0.0925. The van der Waals surface area contributed by atoms with Crippen molar-refractivity contribution in [1.29, 1.82) is 0 Å². The molecule has 0 fully saturated rings. The molecule has 0 bridgehead atoms. The first-order valence-corrected chi connectivity index (χ1v) is 11.0.